The van der Waals surface area contributed by atoms with E-state index in [9.17, 15) is 9.59 Å². The van der Waals surface area contributed by atoms with Gasteiger partial charge in [0, 0.05) is 46.8 Å². The van der Waals surface area contributed by atoms with Crippen molar-refractivity contribution in [2.75, 3.05) is 11.9 Å². The molecule has 35 heavy (non-hydrogen) atoms. The highest BCUT2D eigenvalue weighted by Gasteiger charge is 2.13. The van der Waals surface area contributed by atoms with E-state index in [1.54, 1.807) is 41.3 Å². The molecule has 1 aromatic carbocycles. The average Bonchev–Trinajstić information content (AvgIpc) is 3.50. The van der Waals surface area contributed by atoms with E-state index in [1.165, 1.54) is 6.08 Å². The second kappa shape index (κ2) is 9.60. The number of rotatable bonds is 8. The number of carbonyl (C=O) groups is 2. The number of hydrogen-bond acceptors (Lipinski definition) is 5. The first kappa shape index (κ1) is 22.0. The summed E-state index contributed by atoms with van der Waals surface area (Å²) in [6, 6.07) is 14.8. The quantitative estimate of drug-likeness (QED) is 0.238. The molecule has 0 aliphatic rings. The number of nitrogens with one attached hydrogen (secondary N) is 3. The molecule has 0 spiro atoms. The molecule has 0 saturated carbocycles. The average molecular weight is 466 g/mol. The highest BCUT2D eigenvalue weighted by atomic mass is 16.2. The second-order valence-electron chi connectivity index (χ2n) is 8.01. The van der Waals surface area contributed by atoms with Crippen molar-refractivity contribution < 1.29 is 9.59 Å². The minimum atomic E-state index is -0.322. The van der Waals surface area contributed by atoms with Crippen LogP contribution in [0.5, 0.6) is 0 Å². The van der Waals surface area contributed by atoms with Gasteiger partial charge in [-0.15, -0.1) is 0 Å². The summed E-state index contributed by atoms with van der Waals surface area (Å²) in [6.45, 7) is 3.94. The zero-order valence-electron chi connectivity index (χ0n) is 18.9. The third kappa shape index (κ3) is 4.65. The lowest BCUT2D eigenvalue weighted by Crippen LogP contribution is -2.25. The number of anilines is 1. The summed E-state index contributed by atoms with van der Waals surface area (Å²) in [7, 11) is 0. The van der Waals surface area contributed by atoms with E-state index in [0.717, 1.165) is 46.2 Å². The standard InChI is InChI=1S/C26H23N7O2/c1-2-24(34)31-18-7-3-6-17(14-18)26(35)28-11-4-8-19-15-21-20(10-13-27-25(21)32-19)22-16-30-33-23(22)9-5-12-29-33/h2-3,5-7,9-10,12-16H,1,4,8,11H2,(H,27,32)(H,28,35)(H,31,34). The number of aromatic amines is 1. The van der Waals surface area contributed by atoms with E-state index >= 15 is 0 Å². The number of benzene rings is 1. The SMILES string of the molecule is C=CC(=O)Nc1cccc(C(=O)NCCCc2cc3c(-c4cnn5ncccc45)ccnc3[nH]2)c1. The first-order valence-electron chi connectivity index (χ1n) is 11.2. The van der Waals surface area contributed by atoms with E-state index in [0.29, 0.717) is 17.8 Å². The summed E-state index contributed by atoms with van der Waals surface area (Å²) in [6.07, 6.45) is 7.99. The molecule has 0 radical (unpaired) electrons. The van der Waals surface area contributed by atoms with Gasteiger partial charge in [-0.25, -0.2) is 4.98 Å². The minimum absolute atomic E-state index is 0.193. The normalized spacial score (nSPS) is 11.0. The maximum absolute atomic E-state index is 12.5. The fourth-order valence-corrected chi connectivity index (χ4v) is 4.01. The summed E-state index contributed by atoms with van der Waals surface area (Å²) < 4.78 is 1.61. The Hall–Kier alpha value is -4.79. The molecule has 174 valence electrons. The Morgan fingerprint density at radius 1 is 1.06 bits per heavy atom. The summed E-state index contributed by atoms with van der Waals surface area (Å²) >= 11 is 0. The largest absolute Gasteiger partial charge is 0.352 e. The van der Waals surface area contributed by atoms with Gasteiger partial charge < -0.3 is 15.6 Å². The van der Waals surface area contributed by atoms with Crippen molar-refractivity contribution in [3.63, 3.8) is 0 Å². The van der Waals surface area contributed by atoms with E-state index < -0.39 is 0 Å². The van der Waals surface area contributed by atoms with Crippen molar-refractivity contribution in [2.24, 2.45) is 0 Å². The van der Waals surface area contributed by atoms with Crippen LogP contribution in [-0.4, -0.2) is 43.2 Å². The zero-order valence-corrected chi connectivity index (χ0v) is 18.9. The van der Waals surface area contributed by atoms with Crippen molar-refractivity contribution in [1.29, 1.82) is 0 Å². The fourth-order valence-electron chi connectivity index (χ4n) is 4.01. The van der Waals surface area contributed by atoms with Gasteiger partial charge in [-0.1, -0.05) is 12.6 Å². The predicted octanol–water partition coefficient (Wildman–Crippen LogP) is 3.76. The maximum Gasteiger partial charge on any atom is 0.251 e. The van der Waals surface area contributed by atoms with Crippen LogP contribution in [0, 0.1) is 0 Å². The van der Waals surface area contributed by atoms with E-state index in [-0.39, 0.29) is 11.8 Å². The molecule has 0 unspecified atom stereocenters. The highest BCUT2D eigenvalue weighted by Crippen LogP contribution is 2.31. The molecular weight excluding hydrogens is 442 g/mol. The third-order valence-electron chi connectivity index (χ3n) is 5.67. The number of amides is 2. The molecule has 2 amide bonds. The zero-order chi connectivity index (χ0) is 24.2. The lowest BCUT2D eigenvalue weighted by Gasteiger charge is -2.07. The van der Waals surface area contributed by atoms with Crippen LogP contribution in [0.4, 0.5) is 5.69 Å². The molecule has 4 heterocycles. The van der Waals surface area contributed by atoms with Crippen LogP contribution in [0.3, 0.4) is 0 Å². The second-order valence-corrected chi connectivity index (χ2v) is 8.01. The van der Waals surface area contributed by atoms with Crippen LogP contribution >= 0.6 is 0 Å². The monoisotopic (exact) mass is 465 g/mol. The highest BCUT2D eigenvalue weighted by molar-refractivity contribution is 6.01. The molecule has 4 aromatic heterocycles. The third-order valence-corrected chi connectivity index (χ3v) is 5.67. The molecular formula is C26H23N7O2. The molecule has 0 saturated heterocycles. The van der Waals surface area contributed by atoms with Crippen LogP contribution in [0.2, 0.25) is 0 Å². The number of aryl methyl sites for hydroxylation is 1. The topological polar surface area (TPSA) is 117 Å². The van der Waals surface area contributed by atoms with Crippen LogP contribution in [0.1, 0.15) is 22.5 Å². The first-order chi connectivity index (χ1) is 17.1. The number of H-pyrrole nitrogens is 1. The van der Waals surface area contributed by atoms with Gasteiger partial charge in [0.25, 0.3) is 5.91 Å². The number of fused-ring (bicyclic) bond motifs is 2. The molecule has 0 atom stereocenters. The smallest absolute Gasteiger partial charge is 0.251 e. The van der Waals surface area contributed by atoms with E-state index in [1.807, 2.05) is 24.4 Å². The summed E-state index contributed by atoms with van der Waals surface area (Å²) in [5.74, 6) is -0.515. The van der Waals surface area contributed by atoms with Crippen LogP contribution < -0.4 is 10.6 Å². The Morgan fingerprint density at radius 3 is 2.86 bits per heavy atom. The molecule has 9 heteroatoms. The van der Waals surface area contributed by atoms with Gasteiger partial charge in [-0.3, -0.25) is 9.59 Å². The molecule has 0 fully saturated rings. The van der Waals surface area contributed by atoms with Gasteiger partial charge in [-0.2, -0.15) is 14.8 Å². The Kier molecular flexibility index (Phi) is 6.04. The Bertz CT molecular complexity index is 1550. The molecule has 0 aliphatic carbocycles. The van der Waals surface area contributed by atoms with Crippen molar-refractivity contribution in [3.8, 4) is 11.1 Å². The van der Waals surface area contributed by atoms with Crippen LogP contribution in [-0.2, 0) is 11.2 Å². The summed E-state index contributed by atoms with van der Waals surface area (Å²) in [5.41, 5.74) is 5.84. The summed E-state index contributed by atoms with van der Waals surface area (Å²) in [5, 5.41) is 15.2. The predicted molar refractivity (Wildman–Crippen MR) is 134 cm³/mol. The first-order valence-corrected chi connectivity index (χ1v) is 11.2. The molecule has 0 bridgehead atoms. The molecule has 5 rings (SSSR count). The van der Waals surface area contributed by atoms with Crippen LogP contribution in [0.25, 0.3) is 27.7 Å². The van der Waals surface area contributed by atoms with Gasteiger partial charge >= 0.3 is 0 Å². The van der Waals surface area contributed by atoms with Crippen LogP contribution in [0.15, 0.2) is 79.8 Å². The number of pyridine rings is 1. The van der Waals surface area contributed by atoms with Gasteiger partial charge in [0.15, 0.2) is 0 Å². The lowest BCUT2D eigenvalue weighted by atomic mass is 10.1. The fraction of sp³-hybridized carbons (Fsp3) is 0.115. The maximum atomic E-state index is 12.5. The van der Waals surface area contributed by atoms with Crippen molar-refractivity contribution in [1.82, 2.24) is 30.1 Å². The van der Waals surface area contributed by atoms with Gasteiger partial charge in [0.1, 0.15) is 5.65 Å². The van der Waals surface area contributed by atoms with E-state index in [2.05, 4.69) is 43.4 Å². The molecule has 5 aromatic rings. The number of aromatic nitrogens is 5. The Labute approximate surface area is 200 Å². The number of hydrogen-bond donors (Lipinski definition) is 3. The lowest BCUT2D eigenvalue weighted by molar-refractivity contribution is -0.111. The van der Waals surface area contributed by atoms with Gasteiger partial charge in [0.05, 0.1) is 11.7 Å². The molecule has 3 N–H and O–H groups in total. The van der Waals surface area contributed by atoms with Crippen molar-refractivity contribution >= 4 is 34.1 Å². The van der Waals surface area contributed by atoms with Crippen molar-refractivity contribution in [3.05, 3.63) is 91.0 Å². The Morgan fingerprint density at radius 2 is 1.97 bits per heavy atom. The van der Waals surface area contributed by atoms with E-state index in [4.69, 9.17) is 0 Å². The number of carbonyl (C=O) groups excluding carboxylic acids is 2. The van der Waals surface area contributed by atoms with Gasteiger partial charge in [-0.05, 0) is 66.9 Å². The minimum Gasteiger partial charge on any atom is -0.352 e. The Balaban J connectivity index is 1.23. The number of nitrogens with zero attached hydrogens (tertiary/aromatic N) is 4. The summed E-state index contributed by atoms with van der Waals surface area (Å²) in [4.78, 5) is 31.8. The van der Waals surface area contributed by atoms with Crippen molar-refractivity contribution in [2.45, 2.75) is 12.8 Å². The molecule has 0 aliphatic heterocycles. The molecule has 9 nitrogen and oxygen atoms in total. The van der Waals surface area contributed by atoms with Gasteiger partial charge in [0.2, 0.25) is 5.91 Å².